The molecule has 30 heavy (non-hydrogen) atoms. The van der Waals surface area contributed by atoms with Gasteiger partial charge in [-0.25, -0.2) is 0 Å². The molecule has 1 aliphatic heterocycles. The number of oxime groups is 1. The van der Waals surface area contributed by atoms with Crippen molar-refractivity contribution in [1.82, 2.24) is 5.32 Å². The zero-order valence-corrected chi connectivity index (χ0v) is 18.4. The highest BCUT2D eigenvalue weighted by Crippen LogP contribution is 2.65. The Bertz CT molecular complexity index is 760. The third kappa shape index (κ3) is 2.93. The van der Waals surface area contributed by atoms with Crippen molar-refractivity contribution in [1.29, 1.82) is 0 Å². The zero-order chi connectivity index (χ0) is 21.1. The fourth-order valence-electron chi connectivity index (χ4n) is 7.91. The minimum absolute atomic E-state index is 0.0207. The molecule has 5 rings (SSSR count). The van der Waals surface area contributed by atoms with Crippen molar-refractivity contribution in [2.45, 2.75) is 71.3 Å². The van der Waals surface area contributed by atoms with Gasteiger partial charge in [-0.15, -0.1) is 0 Å². The van der Waals surface area contributed by atoms with Gasteiger partial charge in [0.2, 0.25) is 0 Å². The third-order valence-electron chi connectivity index (χ3n) is 9.80. The summed E-state index contributed by atoms with van der Waals surface area (Å²) in [4.78, 5) is 32.1. The number of nitrogens with one attached hydrogen (secondary N) is 1. The molecule has 2 N–H and O–H groups in total. The molecule has 166 valence electrons. The Morgan fingerprint density at radius 1 is 1.10 bits per heavy atom. The van der Waals surface area contributed by atoms with Crippen molar-refractivity contribution < 1.29 is 19.5 Å². The lowest BCUT2D eigenvalue weighted by atomic mass is 9.43. The van der Waals surface area contributed by atoms with Crippen LogP contribution in [0.1, 0.15) is 65.2 Å². The van der Waals surface area contributed by atoms with E-state index >= 15 is 0 Å². The van der Waals surface area contributed by atoms with Gasteiger partial charge in [0.15, 0.2) is 0 Å². The van der Waals surface area contributed by atoms with Crippen LogP contribution in [0.15, 0.2) is 5.16 Å². The largest absolute Gasteiger partial charge is 0.396 e. The molecular formula is C24H36N2O4. The fourth-order valence-corrected chi connectivity index (χ4v) is 7.91. The molecule has 0 bridgehead atoms. The molecule has 0 aromatic carbocycles. The van der Waals surface area contributed by atoms with E-state index in [1.165, 1.54) is 0 Å². The zero-order valence-electron chi connectivity index (χ0n) is 18.4. The normalized spacial score (nSPS) is 49.6. The summed E-state index contributed by atoms with van der Waals surface area (Å²) in [6, 6.07) is 0. The van der Waals surface area contributed by atoms with Crippen LogP contribution in [-0.2, 0) is 14.4 Å². The first-order valence-corrected chi connectivity index (χ1v) is 12.0. The number of aliphatic hydroxyl groups excluding tert-OH is 1. The second kappa shape index (κ2) is 7.40. The number of carbonyl (C=O) groups is 2. The molecule has 6 heteroatoms. The van der Waals surface area contributed by atoms with Crippen LogP contribution in [0.4, 0.5) is 0 Å². The summed E-state index contributed by atoms with van der Waals surface area (Å²) < 4.78 is 0. The molecule has 1 saturated heterocycles. The monoisotopic (exact) mass is 416 g/mol. The summed E-state index contributed by atoms with van der Waals surface area (Å²) in [6.45, 7) is 6.17. The van der Waals surface area contributed by atoms with Crippen molar-refractivity contribution in [3.8, 4) is 0 Å². The topological polar surface area (TPSA) is 88.0 Å². The van der Waals surface area contributed by atoms with E-state index in [1.54, 1.807) is 0 Å². The Balaban J connectivity index is 1.42. The van der Waals surface area contributed by atoms with E-state index in [9.17, 15) is 14.7 Å². The van der Waals surface area contributed by atoms with E-state index < -0.39 is 0 Å². The Morgan fingerprint density at radius 3 is 2.67 bits per heavy atom. The van der Waals surface area contributed by atoms with Crippen LogP contribution in [0.2, 0.25) is 0 Å². The van der Waals surface area contributed by atoms with E-state index in [0.29, 0.717) is 18.1 Å². The van der Waals surface area contributed by atoms with Crippen molar-refractivity contribution in [2.75, 3.05) is 19.7 Å². The molecular weight excluding hydrogens is 380 g/mol. The highest BCUT2D eigenvalue weighted by molar-refractivity contribution is 5.93. The van der Waals surface area contributed by atoms with Crippen molar-refractivity contribution in [3.05, 3.63) is 0 Å². The lowest BCUT2D eigenvalue weighted by Gasteiger charge is -2.60. The van der Waals surface area contributed by atoms with E-state index in [-0.39, 0.29) is 53.0 Å². The molecule has 8 atom stereocenters. The van der Waals surface area contributed by atoms with Gasteiger partial charge in [-0.05, 0) is 68.2 Å². The fraction of sp³-hybridized carbons (Fsp3) is 0.875. The van der Waals surface area contributed by atoms with Gasteiger partial charge in [-0.3, -0.25) is 9.59 Å². The summed E-state index contributed by atoms with van der Waals surface area (Å²) in [7, 11) is 0. The molecule has 1 unspecified atom stereocenters. The minimum atomic E-state index is -0.340. The molecule has 5 fully saturated rings. The van der Waals surface area contributed by atoms with Crippen LogP contribution in [-0.4, -0.2) is 48.2 Å². The number of fused-ring (bicyclic) bond motifs is 5. The third-order valence-corrected chi connectivity index (χ3v) is 9.80. The summed E-state index contributed by atoms with van der Waals surface area (Å²) in [5.74, 6) is 0.775. The molecule has 0 aromatic rings. The number of aliphatic hydroxyl groups is 1. The maximum Gasteiger partial charge on any atom is 0.142 e. The maximum atomic E-state index is 13.7. The van der Waals surface area contributed by atoms with Crippen LogP contribution in [0.3, 0.4) is 0 Å². The highest BCUT2D eigenvalue weighted by Gasteiger charge is 2.65. The van der Waals surface area contributed by atoms with Gasteiger partial charge in [-0.2, -0.15) is 0 Å². The molecule has 4 saturated carbocycles. The average molecular weight is 417 g/mol. The van der Waals surface area contributed by atoms with E-state index in [2.05, 4.69) is 24.3 Å². The van der Waals surface area contributed by atoms with Crippen LogP contribution >= 0.6 is 0 Å². The molecule has 0 amide bonds. The van der Waals surface area contributed by atoms with Crippen molar-refractivity contribution in [3.63, 3.8) is 0 Å². The lowest BCUT2D eigenvalue weighted by Crippen LogP contribution is -2.61. The number of hydrogen-bond acceptors (Lipinski definition) is 6. The SMILES string of the molecule is C[C@]12CCC(=NO[C@@H]3CCNC3)CC1[C@@H](CO)C(=O)[C@@H]1[C@@H]2CC[C@]2(C)C(=O)CC[C@@H]12. The number of rotatable bonds is 3. The van der Waals surface area contributed by atoms with Gasteiger partial charge in [-0.1, -0.05) is 19.0 Å². The molecule has 6 nitrogen and oxygen atoms in total. The number of Topliss-reactive ketones (excluding diaryl/α,β-unsaturated/α-hetero) is 2. The molecule has 4 aliphatic carbocycles. The van der Waals surface area contributed by atoms with Gasteiger partial charge in [0.25, 0.3) is 0 Å². The molecule has 0 spiro atoms. The Hall–Kier alpha value is -1.27. The van der Waals surface area contributed by atoms with Gasteiger partial charge in [0.1, 0.15) is 17.7 Å². The summed E-state index contributed by atoms with van der Waals surface area (Å²) in [6.07, 6.45) is 7.10. The molecule has 0 aromatic heterocycles. The molecule has 0 radical (unpaired) electrons. The van der Waals surface area contributed by atoms with Crippen LogP contribution in [0.25, 0.3) is 0 Å². The Morgan fingerprint density at radius 2 is 1.93 bits per heavy atom. The van der Waals surface area contributed by atoms with Gasteiger partial charge in [0.05, 0.1) is 12.3 Å². The number of carbonyl (C=O) groups excluding carboxylic acids is 2. The van der Waals surface area contributed by atoms with E-state index in [4.69, 9.17) is 4.84 Å². The van der Waals surface area contributed by atoms with Crippen LogP contribution < -0.4 is 5.32 Å². The van der Waals surface area contributed by atoms with Crippen molar-refractivity contribution in [2.24, 2.45) is 45.6 Å². The maximum absolute atomic E-state index is 13.7. The summed E-state index contributed by atoms with van der Waals surface area (Å²) in [5.41, 5.74) is 0.739. The smallest absolute Gasteiger partial charge is 0.142 e. The standard InChI is InChI=1S/C24H36N2O4/c1-23-8-5-14(26-30-15-7-10-25-12-15)11-19(23)16(13-27)22(29)21-17-3-4-20(28)24(17,2)9-6-18(21)23/h15-19,21,25,27H,3-13H2,1-2H3/t15-,16-,17+,18+,19?,21+,23-,24+/m1/s1. The second-order valence-corrected chi connectivity index (χ2v) is 11.0. The van der Waals surface area contributed by atoms with Gasteiger partial charge < -0.3 is 15.3 Å². The highest BCUT2D eigenvalue weighted by atomic mass is 16.6. The second-order valence-electron chi connectivity index (χ2n) is 11.0. The first-order valence-electron chi connectivity index (χ1n) is 12.0. The number of hydrogen-bond donors (Lipinski definition) is 2. The number of ketones is 2. The van der Waals surface area contributed by atoms with E-state index in [0.717, 1.165) is 63.7 Å². The Kier molecular flexibility index (Phi) is 5.09. The minimum Gasteiger partial charge on any atom is -0.396 e. The number of nitrogens with zero attached hydrogens (tertiary/aromatic N) is 1. The van der Waals surface area contributed by atoms with Crippen molar-refractivity contribution >= 4 is 17.3 Å². The van der Waals surface area contributed by atoms with Crippen LogP contribution in [0.5, 0.6) is 0 Å². The first-order chi connectivity index (χ1) is 14.4. The quantitative estimate of drug-likeness (QED) is 0.691. The van der Waals surface area contributed by atoms with Gasteiger partial charge in [0, 0.05) is 36.6 Å². The van der Waals surface area contributed by atoms with E-state index in [1.807, 2.05) is 0 Å². The Labute approximate surface area is 179 Å². The first kappa shape index (κ1) is 20.6. The van der Waals surface area contributed by atoms with Crippen LogP contribution in [0, 0.1) is 40.4 Å². The predicted octanol–water partition coefficient (Wildman–Crippen LogP) is 2.73. The summed E-state index contributed by atoms with van der Waals surface area (Å²) >= 11 is 0. The molecule has 1 heterocycles. The van der Waals surface area contributed by atoms with Gasteiger partial charge >= 0.3 is 0 Å². The molecule has 5 aliphatic rings. The lowest BCUT2D eigenvalue weighted by molar-refractivity contribution is -0.166. The summed E-state index contributed by atoms with van der Waals surface area (Å²) in [5, 5.41) is 18.1. The predicted molar refractivity (Wildman–Crippen MR) is 113 cm³/mol. The average Bonchev–Trinajstić information content (AvgIpc) is 3.36.